The van der Waals surface area contributed by atoms with Crippen molar-refractivity contribution in [2.45, 2.75) is 49.6 Å². The number of imidazole rings is 1. The zero-order chi connectivity index (χ0) is 28.4. The van der Waals surface area contributed by atoms with E-state index in [1.54, 1.807) is 29.4 Å². The first-order valence-corrected chi connectivity index (χ1v) is 14.5. The van der Waals surface area contributed by atoms with Gasteiger partial charge in [0.25, 0.3) is 0 Å². The number of aromatic nitrogens is 2. The molecule has 0 aliphatic heterocycles. The van der Waals surface area contributed by atoms with Crippen molar-refractivity contribution in [3.05, 3.63) is 113 Å². The van der Waals surface area contributed by atoms with Gasteiger partial charge in [-0.2, -0.15) is 0 Å². The molecule has 0 saturated heterocycles. The van der Waals surface area contributed by atoms with Gasteiger partial charge in [-0.25, -0.2) is 26.9 Å². The maximum absolute atomic E-state index is 13.8. The van der Waals surface area contributed by atoms with Crippen LogP contribution >= 0.6 is 0 Å². The highest BCUT2D eigenvalue weighted by Gasteiger charge is 2.30. The van der Waals surface area contributed by atoms with Crippen molar-refractivity contribution in [2.75, 3.05) is 4.90 Å². The Morgan fingerprint density at radius 1 is 1.10 bits per heavy atom. The van der Waals surface area contributed by atoms with Gasteiger partial charge in [-0.05, 0) is 77.9 Å². The summed E-state index contributed by atoms with van der Waals surface area (Å²) in [5.74, 6) is -0.711. The van der Waals surface area contributed by atoms with Crippen LogP contribution in [0.5, 0.6) is 0 Å². The summed E-state index contributed by atoms with van der Waals surface area (Å²) in [7, 11) is -2.12. The quantitative estimate of drug-likeness (QED) is 0.296. The minimum atomic E-state index is -3.97. The molecule has 2 atom stereocenters. The van der Waals surface area contributed by atoms with Crippen LogP contribution in [0.2, 0.25) is 0 Å². The molecule has 1 N–H and O–H groups in total. The Balaban J connectivity index is 1.44. The van der Waals surface area contributed by atoms with E-state index in [9.17, 15) is 22.0 Å². The van der Waals surface area contributed by atoms with Crippen molar-refractivity contribution in [3.63, 3.8) is 0 Å². The number of rotatable bonds is 9. The SMILES string of the molecule is C[C@H](CC(=O)N(Cc1nccn1C)c1ccc2c(c1)[C@H](NS(=O)(=O)c1cccc(F)c1)CC2)c1cccc(F)c1. The third kappa shape index (κ3) is 5.97. The van der Waals surface area contributed by atoms with Crippen LogP contribution in [0.1, 0.15) is 54.2 Å². The molecule has 0 bridgehead atoms. The second kappa shape index (κ2) is 11.3. The van der Waals surface area contributed by atoms with E-state index in [0.29, 0.717) is 24.4 Å². The van der Waals surface area contributed by atoms with E-state index in [-0.39, 0.29) is 35.5 Å². The summed E-state index contributed by atoms with van der Waals surface area (Å²) in [5.41, 5.74) is 3.09. The molecule has 0 saturated carbocycles. The molecule has 0 spiro atoms. The lowest BCUT2D eigenvalue weighted by molar-refractivity contribution is -0.119. The van der Waals surface area contributed by atoms with Gasteiger partial charge in [-0.15, -0.1) is 0 Å². The van der Waals surface area contributed by atoms with Crippen LogP contribution in [-0.2, 0) is 34.8 Å². The van der Waals surface area contributed by atoms with Gasteiger partial charge in [-0.1, -0.05) is 31.2 Å². The maximum atomic E-state index is 13.8. The van der Waals surface area contributed by atoms with Crippen LogP contribution < -0.4 is 9.62 Å². The third-order valence-corrected chi connectivity index (χ3v) is 8.81. The van der Waals surface area contributed by atoms with E-state index >= 15 is 0 Å². The molecule has 3 aromatic carbocycles. The van der Waals surface area contributed by atoms with E-state index in [1.807, 2.05) is 36.7 Å². The van der Waals surface area contributed by atoms with E-state index in [0.717, 1.165) is 22.8 Å². The molecule has 0 fully saturated rings. The largest absolute Gasteiger partial charge is 0.337 e. The van der Waals surface area contributed by atoms with Gasteiger partial charge in [-0.3, -0.25) is 4.79 Å². The average Bonchev–Trinajstić information content (AvgIpc) is 3.51. The summed E-state index contributed by atoms with van der Waals surface area (Å²) in [4.78, 5) is 19.6. The normalized spacial score (nSPS) is 15.6. The minimum Gasteiger partial charge on any atom is -0.337 e. The average molecular weight is 565 g/mol. The first-order valence-electron chi connectivity index (χ1n) is 13.0. The van der Waals surface area contributed by atoms with Crippen molar-refractivity contribution >= 4 is 21.6 Å². The van der Waals surface area contributed by atoms with Crippen molar-refractivity contribution < 1.29 is 22.0 Å². The number of nitrogens with one attached hydrogen (secondary N) is 1. The summed E-state index contributed by atoms with van der Waals surface area (Å²) < 4.78 is 58.1. The topological polar surface area (TPSA) is 84.3 Å². The fourth-order valence-corrected chi connectivity index (χ4v) is 6.37. The molecule has 4 aromatic rings. The molecule has 1 aliphatic carbocycles. The monoisotopic (exact) mass is 564 g/mol. The number of halogens is 2. The fraction of sp³-hybridized carbons (Fsp3) is 0.267. The Morgan fingerprint density at radius 2 is 1.85 bits per heavy atom. The molecule has 208 valence electrons. The first kappa shape index (κ1) is 27.7. The number of carbonyl (C=O) groups is 1. The molecule has 1 amide bonds. The van der Waals surface area contributed by atoms with Crippen molar-refractivity contribution in [2.24, 2.45) is 7.05 Å². The molecule has 5 rings (SSSR count). The van der Waals surface area contributed by atoms with Gasteiger partial charge in [0.05, 0.1) is 11.4 Å². The van der Waals surface area contributed by atoms with Gasteiger partial charge in [0.2, 0.25) is 15.9 Å². The Bertz CT molecular complexity index is 1650. The second-order valence-corrected chi connectivity index (χ2v) is 11.9. The molecule has 40 heavy (non-hydrogen) atoms. The van der Waals surface area contributed by atoms with E-state index in [4.69, 9.17) is 0 Å². The Hall–Kier alpha value is -3.89. The number of aryl methyl sites for hydroxylation is 2. The van der Waals surface area contributed by atoms with E-state index in [2.05, 4.69) is 9.71 Å². The summed E-state index contributed by atoms with van der Waals surface area (Å²) in [6.07, 6.45) is 4.80. The predicted molar refractivity (Wildman–Crippen MR) is 148 cm³/mol. The van der Waals surface area contributed by atoms with Crippen LogP contribution in [0.4, 0.5) is 14.5 Å². The Kier molecular flexibility index (Phi) is 7.82. The number of sulfonamides is 1. The van der Waals surface area contributed by atoms with Crippen LogP contribution in [0.3, 0.4) is 0 Å². The number of carbonyl (C=O) groups excluding carboxylic acids is 1. The smallest absolute Gasteiger partial charge is 0.241 e. The zero-order valence-corrected chi connectivity index (χ0v) is 23.0. The molecular weight excluding hydrogens is 534 g/mol. The molecule has 7 nitrogen and oxygen atoms in total. The number of amides is 1. The highest BCUT2D eigenvalue weighted by atomic mass is 32.2. The number of fused-ring (bicyclic) bond motifs is 1. The molecule has 0 radical (unpaired) electrons. The minimum absolute atomic E-state index is 0.139. The zero-order valence-electron chi connectivity index (χ0n) is 22.2. The van der Waals surface area contributed by atoms with Crippen molar-refractivity contribution in [1.29, 1.82) is 0 Å². The number of anilines is 1. The van der Waals surface area contributed by atoms with Crippen molar-refractivity contribution in [3.8, 4) is 0 Å². The standard InChI is InChI=1S/C30H30F2N4O3S/c1-20(22-5-3-6-23(31)16-22)15-30(37)36(19-29-33-13-14-35(29)2)25-11-9-21-10-12-28(27(21)18-25)34-40(38,39)26-8-4-7-24(32)17-26/h3-9,11,13-14,16-18,20,28,34H,10,12,15,19H2,1-2H3/t20-,28-/m1/s1. The van der Waals surface area contributed by atoms with E-state index in [1.165, 1.54) is 30.3 Å². The lowest BCUT2D eigenvalue weighted by Crippen LogP contribution is -2.32. The number of hydrogen-bond acceptors (Lipinski definition) is 4. The van der Waals surface area contributed by atoms with Crippen LogP contribution in [0.15, 0.2) is 84.0 Å². The fourth-order valence-electron chi connectivity index (χ4n) is 5.09. The van der Waals surface area contributed by atoms with Gasteiger partial charge >= 0.3 is 0 Å². The van der Waals surface area contributed by atoms with Gasteiger partial charge in [0, 0.05) is 37.6 Å². The second-order valence-electron chi connectivity index (χ2n) is 10.1. The molecule has 10 heteroatoms. The van der Waals surface area contributed by atoms with Gasteiger partial charge in [0.15, 0.2) is 0 Å². The lowest BCUT2D eigenvalue weighted by Gasteiger charge is -2.26. The molecule has 1 heterocycles. The third-order valence-electron chi connectivity index (χ3n) is 7.34. The first-order chi connectivity index (χ1) is 19.1. The van der Waals surface area contributed by atoms with Crippen LogP contribution in [0.25, 0.3) is 0 Å². The molecular formula is C30H30F2N4O3S. The van der Waals surface area contributed by atoms with Gasteiger partial charge < -0.3 is 9.47 Å². The Labute approximate surface area is 232 Å². The predicted octanol–water partition coefficient (Wildman–Crippen LogP) is 5.39. The molecule has 1 aromatic heterocycles. The summed E-state index contributed by atoms with van der Waals surface area (Å²) >= 11 is 0. The van der Waals surface area contributed by atoms with Crippen LogP contribution in [-0.4, -0.2) is 23.9 Å². The molecule has 0 unspecified atom stereocenters. The summed E-state index contributed by atoms with van der Waals surface area (Å²) in [6, 6.07) is 16.2. The summed E-state index contributed by atoms with van der Waals surface area (Å²) in [6.45, 7) is 2.09. The number of hydrogen-bond donors (Lipinski definition) is 1. The lowest BCUT2D eigenvalue weighted by atomic mass is 9.96. The maximum Gasteiger partial charge on any atom is 0.241 e. The molecule has 1 aliphatic rings. The highest BCUT2D eigenvalue weighted by Crippen LogP contribution is 2.36. The van der Waals surface area contributed by atoms with Crippen LogP contribution in [0, 0.1) is 11.6 Å². The number of benzene rings is 3. The van der Waals surface area contributed by atoms with Gasteiger partial charge in [0.1, 0.15) is 17.5 Å². The summed E-state index contributed by atoms with van der Waals surface area (Å²) in [5, 5.41) is 0. The van der Waals surface area contributed by atoms with E-state index < -0.39 is 21.9 Å². The van der Waals surface area contributed by atoms with Crippen molar-refractivity contribution in [1.82, 2.24) is 14.3 Å². The highest BCUT2D eigenvalue weighted by molar-refractivity contribution is 7.89. The number of nitrogens with zero attached hydrogens (tertiary/aromatic N) is 3. The Morgan fingerprint density at radius 3 is 2.55 bits per heavy atom.